The van der Waals surface area contributed by atoms with E-state index in [0.717, 1.165) is 4.90 Å². The number of anilines is 1. The lowest BCUT2D eigenvalue weighted by Gasteiger charge is -2.30. The van der Waals surface area contributed by atoms with Gasteiger partial charge in [0.1, 0.15) is 12.6 Å². The third kappa shape index (κ3) is 2.03. The van der Waals surface area contributed by atoms with Crippen LogP contribution in [-0.4, -0.2) is 24.4 Å². The maximum absolute atomic E-state index is 13.1. The lowest BCUT2D eigenvalue weighted by molar-refractivity contribution is -0.130. The van der Waals surface area contributed by atoms with Crippen LogP contribution in [0.1, 0.15) is 6.92 Å². The molecule has 2 rings (SSSR count). The quantitative estimate of drug-likeness (QED) is 0.763. The van der Waals surface area contributed by atoms with Crippen LogP contribution < -0.4 is 10.2 Å². The van der Waals surface area contributed by atoms with E-state index in [2.05, 4.69) is 5.32 Å². The van der Waals surface area contributed by atoms with E-state index in [1.807, 2.05) is 0 Å². The third-order valence-corrected chi connectivity index (χ3v) is 2.60. The van der Waals surface area contributed by atoms with Gasteiger partial charge in [-0.1, -0.05) is 0 Å². The van der Waals surface area contributed by atoms with Crippen LogP contribution in [0, 0.1) is 17.5 Å². The molecule has 1 heterocycles. The molecule has 0 bridgehead atoms. The molecule has 0 aromatic heterocycles. The minimum Gasteiger partial charge on any atom is -0.343 e. The van der Waals surface area contributed by atoms with Crippen molar-refractivity contribution in [2.45, 2.75) is 13.0 Å². The lowest BCUT2D eigenvalue weighted by atomic mass is 10.1. The van der Waals surface area contributed by atoms with Crippen LogP contribution in [0.15, 0.2) is 12.1 Å². The highest BCUT2D eigenvalue weighted by molar-refractivity contribution is 6.06. The van der Waals surface area contributed by atoms with Crippen molar-refractivity contribution in [3.05, 3.63) is 29.6 Å². The first kappa shape index (κ1) is 12.4. The number of amides is 2. The Morgan fingerprint density at radius 2 is 1.78 bits per heavy atom. The van der Waals surface area contributed by atoms with Crippen LogP contribution in [0.4, 0.5) is 18.9 Å². The van der Waals surface area contributed by atoms with Crippen molar-refractivity contribution in [3.8, 4) is 0 Å². The fourth-order valence-corrected chi connectivity index (χ4v) is 1.72. The van der Waals surface area contributed by atoms with E-state index in [1.54, 1.807) is 0 Å². The van der Waals surface area contributed by atoms with Gasteiger partial charge in [-0.25, -0.2) is 13.2 Å². The summed E-state index contributed by atoms with van der Waals surface area (Å²) >= 11 is 0. The predicted octanol–water partition coefficient (Wildman–Crippen LogP) is 0.955. The smallest absolute Gasteiger partial charge is 0.249 e. The Bertz CT molecular complexity index is 510. The highest BCUT2D eigenvalue weighted by Gasteiger charge is 2.31. The second kappa shape index (κ2) is 4.32. The van der Waals surface area contributed by atoms with Crippen molar-refractivity contribution in [2.24, 2.45) is 0 Å². The molecule has 1 aliphatic heterocycles. The Morgan fingerprint density at radius 3 is 2.33 bits per heavy atom. The number of nitrogens with zero attached hydrogens (tertiary/aromatic N) is 1. The standard InChI is InChI=1S/C11H9F3N2O2/c1-5-11(18)16(4-9(17)15-5)6-2-7(12)10(14)8(13)3-6/h2-3,5H,4H2,1H3,(H,15,17). The molecule has 0 aliphatic carbocycles. The molecule has 1 atom stereocenters. The largest absolute Gasteiger partial charge is 0.343 e. The molecule has 0 spiro atoms. The Hall–Kier alpha value is -2.05. The lowest BCUT2D eigenvalue weighted by Crippen LogP contribution is -2.57. The Morgan fingerprint density at radius 1 is 1.22 bits per heavy atom. The molecule has 1 fully saturated rings. The summed E-state index contributed by atoms with van der Waals surface area (Å²) in [4.78, 5) is 23.9. The van der Waals surface area contributed by atoms with Gasteiger partial charge in [0.25, 0.3) is 0 Å². The number of carbonyl (C=O) groups is 2. The summed E-state index contributed by atoms with van der Waals surface area (Å²) in [5.74, 6) is -5.39. The van der Waals surface area contributed by atoms with Crippen LogP contribution >= 0.6 is 0 Å². The van der Waals surface area contributed by atoms with Crippen molar-refractivity contribution in [1.29, 1.82) is 0 Å². The summed E-state index contributed by atoms with van der Waals surface area (Å²) in [6, 6.07) is 0.575. The topological polar surface area (TPSA) is 49.4 Å². The van der Waals surface area contributed by atoms with E-state index in [0.29, 0.717) is 12.1 Å². The number of carbonyl (C=O) groups excluding carboxylic acids is 2. The van der Waals surface area contributed by atoms with Gasteiger partial charge in [0.05, 0.1) is 5.69 Å². The van der Waals surface area contributed by atoms with Gasteiger partial charge in [-0.05, 0) is 6.92 Å². The summed E-state index contributed by atoms with van der Waals surface area (Å²) in [6.07, 6.45) is 0. The molecule has 1 aromatic carbocycles. The molecule has 2 amide bonds. The van der Waals surface area contributed by atoms with Gasteiger partial charge >= 0.3 is 0 Å². The fraction of sp³-hybridized carbons (Fsp3) is 0.273. The molecule has 1 aliphatic rings. The number of rotatable bonds is 1. The normalized spacial score (nSPS) is 20.0. The molecule has 1 aromatic rings. The maximum Gasteiger partial charge on any atom is 0.249 e. The van der Waals surface area contributed by atoms with E-state index in [-0.39, 0.29) is 12.2 Å². The predicted molar refractivity (Wildman–Crippen MR) is 56.3 cm³/mol. The number of piperazine rings is 1. The van der Waals surface area contributed by atoms with Crippen molar-refractivity contribution >= 4 is 17.5 Å². The van der Waals surface area contributed by atoms with E-state index in [4.69, 9.17) is 0 Å². The molecular weight excluding hydrogens is 249 g/mol. The second-order valence-corrected chi connectivity index (χ2v) is 3.94. The van der Waals surface area contributed by atoms with Gasteiger partial charge in [0, 0.05) is 12.1 Å². The highest BCUT2D eigenvalue weighted by atomic mass is 19.2. The molecule has 96 valence electrons. The van der Waals surface area contributed by atoms with E-state index >= 15 is 0 Å². The van der Waals surface area contributed by atoms with Crippen molar-refractivity contribution in [3.63, 3.8) is 0 Å². The molecule has 4 nitrogen and oxygen atoms in total. The van der Waals surface area contributed by atoms with Crippen LogP contribution in [0.3, 0.4) is 0 Å². The average Bonchev–Trinajstić information content (AvgIpc) is 2.30. The number of nitrogens with one attached hydrogen (secondary N) is 1. The van der Waals surface area contributed by atoms with Gasteiger partial charge in [-0.15, -0.1) is 0 Å². The molecule has 1 N–H and O–H groups in total. The average molecular weight is 258 g/mol. The van der Waals surface area contributed by atoms with Gasteiger partial charge < -0.3 is 10.2 Å². The number of benzene rings is 1. The van der Waals surface area contributed by atoms with Crippen LogP contribution in [0.2, 0.25) is 0 Å². The fourth-order valence-electron chi connectivity index (χ4n) is 1.72. The Labute approximate surface area is 100 Å². The van der Waals surface area contributed by atoms with E-state index in [1.165, 1.54) is 6.92 Å². The van der Waals surface area contributed by atoms with Gasteiger partial charge in [0.2, 0.25) is 11.8 Å². The van der Waals surface area contributed by atoms with Gasteiger partial charge in [-0.3, -0.25) is 9.59 Å². The first-order chi connectivity index (χ1) is 8.40. The first-order valence-corrected chi connectivity index (χ1v) is 5.15. The van der Waals surface area contributed by atoms with Crippen molar-refractivity contribution < 1.29 is 22.8 Å². The summed E-state index contributed by atoms with van der Waals surface area (Å²) in [5.41, 5.74) is -0.182. The van der Waals surface area contributed by atoms with Crippen LogP contribution in [0.5, 0.6) is 0 Å². The number of hydrogen-bond donors (Lipinski definition) is 1. The molecule has 0 saturated carbocycles. The monoisotopic (exact) mass is 258 g/mol. The van der Waals surface area contributed by atoms with Gasteiger partial charge in [-0.2, -0.15) is 0 Å². The summed E-state index contributed by atoms with van der Waals surface area (Å²) in [6.45, 7) is 1.09. The van der Waals surface area contributed by atoms with Crippen LogP contribution in [0.25, 0.3) is 0 Å². The van der Waals surface area contributed by atoms with Gasteiger partial charge in [0.15, 0.2) is 17.5 Å². The third-order valence-electron chi connectivity index (χ3n) is 2.60. The number of halogens is 3. The Kier molecular flexibility index (Phi) is 2.98. The van der Waals surface area contributed by atoms with Crippen molar-refractivity contribution in [1.82, 2.24) is 5.32 Å². The summed E-state index contributed by atoms with van der Waals surface area (Å²) < 4.78 is 38.9. The van der Waals surface area contributed by atoms with Crippen molar-refractivity contribution in [2.75, 3.05) is 11.4 Å². The minimum absolute atomic E-state index is 0.182. The molecular formula is C11H9F3N2O2. The molecule has 0 radical (unpaired) electrons. The molecule has 7 heteroatoms. The maximum atomic E-state index is 13.1. The zero-order valence-electron chi connectivity index (χ0n) is 9.34. The summed E-state index contributed by atoms with van der Waals surface area (Å²) in [5, 5.41) is 2.38. The zero-order valence-corrected chi connectivity index (χ0v) is 9.34. The SMILES string of the molecule is CC1NC(=O)CN(c2cc(F)c(F)c(F)c2)C1=O. The molecule has 18 heavy (non-hydrogen) atoms. The second-order valence-electron chi connectivity index (χ2n) is 3.94. The molecule has 1 saturated heterocycles. The first-order valence-electron chi connectivity index (χ1n) is 5.15. The minimum atomic E-state index is -1.61. The van der Waals surface area contributed by atoms with Crippen LogP contribution in [-0.2, 0) is 9.59 Å². The Balaban J connectivity index is 2.41. The van der Waals surface area contributed by atoms with E-state index in [9.17, 15) is 22.8 Å². The molecule has 1 unspecified atom stereocenters. The summed E-state index contributed by atoms with van der Waals surface area (Å²) in [7, 11) is 0. The van der Waals surface area contributed by atoms with E-state index < -0.39 is 35.3 Å². The zero-order chi connectivity index (χ0) is 13.4. The highest BCUT2D eigenvalue weighted by Crippen LogP contribution is 2.22. The number of hydrogen-bond acceptors (Lipinski definition) is 2.